The van der Waals surface area contributed by atoms with Crippen LogP contribution < -0.4 is 4.31 Å². The summed E-state index contributed by atoms with van der Waals surface area (Å²) in [7, 11) is -2.25. The Bertz CT molecular complexity index is 1010. The molecule has 31 heavy (non-hydrogen) atoms. The predicted molar refractivity (Wildman–Crippen MR) is 119 cm³/mol. The van der Waals surface area contributed by atoms with Crippen molar-refractivity contribution in [3.8, 4) is 0 Å². The number of hydrogen-bond acceptors (Lipinski definition) is 5. The number of hydrogen-bond donors (Lipinski definition) is 0. The van der Waals surface area contributed by atoms with Crippen molar-refractivity contribution >= 4 is 27.6 Å². The predicted octanol–water partition coefficient (Wildman–Crippen LogP) is 3.38. The average Bonchev–Trinajstić information content (AvgIpc) is 3.07. The molecule has 166 valence electrons. The number of carbonyl (C=O) groups is 2. The van der Waals surface area contributed by atoms with Crippen LogP contribution in [0.3, 0.4) is 0 Å². The molecule has 1 amide bonds. The number of sulfonamides is 1. The molecule has 7 nitrogen and oxygen atoms in total. The molecule has 8 heteroatoms. The Morgan fingerprint density at radius 3 is 2.10 bits per heavy atom. The van der Waals surface area contributed by atoms with Gasteiger partial charge in [0.05, 0.1) is 16.1 Å². The van der Waals surface area contributed by atoms with Crippen LogP contribution in [0, 0.1) is 6.92 Å². The van der Waals surface area contributed by atoms with Gasteiger partial charge in [0, 0.05) is 20.1 Å². The molecular formula is C23H28N2O5S. The van der Waals surface area contributed by atoms with E-state index < -0.39 is 16.0 Å². The largest absolute Gasteiger partial charge is 0.452 e. The molecule has 1 fully saturated rings. The number of carbonyl (C=O) groups excluding carboxylic acids is 2. The molecule has 0 radical (unpaired) electrons. The van der Waals surface area contributed by atoms with E-state index in [0.29, 0.717) is 18.8 Å². The second kappa shape index (κ2) is 9.96. The van der Waals surface area contributed by atoms with Gasteiger partial charge in [0.1, 0.15) is 0 Å². The normalized spacial score (nSPS) is 14.6. The second-order valence-electron chi connectivity index (χ2n) is 7.70. The standard InChI is InChI=1S/C23H28N2O5S/c1-18-7-13-21(14-8-18)31(28,29)24(2)20-11-9-19(10-12-20)23(27)30-17-22(26)25-15-5-3-4-6-16-25/h7-14H,3-6,15-17H2,1-2H3. The number of ether oxygens (including phenoxy) is 1. The van der Waals surface area contributed by atoms with Crippen LogP contribution in [0.1, 0.15) is 41.6 Å². The first-order valence-corrected chi connectivity index (χ1v) is 11.8. The summed E-state index contributed by atoms with van der Waals surface area (Å²) in [5, 5.41) is 0. The first kappa shape index (κ1) is 22.8. The van der Waals surface area contributed by atoms with E-state index in [1.54, 1.807) is 41.3 Å². The Hall–Kier alpha value is -2.87. The fraction of sp³-hybridized carbons (Fsp3) is 0.391. The highest BCUT2D eigenvalue weighted by molar-refractivity contribution is 7.92. The molecular weight excluding hydrogens is 416 g/mol. The zero-order chi connectivity index (χ0) is 22.4. The summed E-state index contributed by atoms with van der Waals surface area (Å²) < 4.78 is 31.9. The van der Waals surface area contributed by atoms with Gasteiger partial charge in [-0.1, -0.05) is 30.5 Å². The number of likely N-dealkylation sites (tertiary alicyclic amines) is 1. The summed E-state index contributed by atoms with van der Waals surface area (Å²) in [5.74, 6) is -0.797. The Morgan fingerprint density at radius 2 is 1.52 bits per heavy atom. The zero-order valence-electron chi connectivity index (χ0n) is 17.9. The molecule has 2 aromatic rings. The maximum absolute atomic E-state index is 12.8. The van der Waals surface area contributed by atoms with Crippen LogP contribution in [0.4, 0.5) is 5.69 Å². The van der Waals surface area contributed by atoms with E-state index in [9.17, 15) is 18.0 Å². The lowest BCUT2D eigenvalue weighted by molar-refractivity contribution is -0.134. The molecule has 0 bridgehead atoms. The Kier molecular flexibility index (Phi) is 7.33. The lowest BCUT2D eigenvalue weighted by Crippen LogP contribution is -2.35. The maximum Gasteiger partial charge on any atom is 0.338 e. The molecule has 0 N–H and O–H groups in total. The molecule has 3 rings (SSSR count). The molecule has 0 saturated carbocycles. The Morgan fingerprint density at radius 1 is 0.935 bits per heavy atom. The molecule has 0 unspecified atom stereocenters. The van der Waals surface area contributed by atoms with E-state index in [4.69, 9.17) is 4.74 Å². The van der Waals surface area contributed by atoms with Gasteiger partial charge in [-0.3, -0.25) is 9.10 Å². The van der Waals surface area contributed by atoms with E-state index >= 15 is 0 Å². The minimum absolute atomic E-state index is 0.184. The van der Waals surface area contributed by atoms with E-state index in [1.165, 1.54) is 19.2 Å². The van der Waals surface area contributed by atoms with Crippen molar-refractivity contribution in [1.29, 1.82) is 0 Å². The monoisotopic (exact) mass is 444 g/mol. The second-order valence-corrected chi connectivity index (χ2v) is 9.67. The number of esters is 1. The fourth-order valence-electron chi connectivity index (χ4n) is 3.44. The molecule has 2 aromatic carbocycles. The highest BCUT2D eigenvalue weighted by atomic mass is 32.2. The van der Waals surface area contributed by atoms with Gasteiger partial charge in [-0.15, -0.1) is 0 Å². The third-order valence-corrected chi connectivity index (χ3v) is 7.23. The van der Waals surface area contributed by atoms with E-state index in [2.05, 4.69) is 0 Å². The topological polar surface area (TPSA) is 84.0 Å². The molecule has 0 atom stereocenters. The van der Waals surface area contributed by atoms with Gasteiger partial charge in [0.15, 0.2) is 6.61 Å². The number of aryl methyl sites for hydroxylation is 1. The van der Waals surface area contributed by atoms with Gasteiger partial charge < -0.3 is 9.64 Å². The smallest absolute Gasteiger partial charge is 0.338 e. The van der Waals surface area contributed by atoms with Crippen LogP contribution >= 0.6 is 0 Å². The zero-order valence-corrected chi connectivity index (χ0v) is 18.7. The molecule has 1 heterocycles. The summed E-state index contributed by atoms with van der Waals surface area (Å²) in [6.45, 7) is 3.00. The lowest BCUT2D eigenvalue weighted by Gasteiger charge is -2.20. The SMILES string of the molecule is Cc1ccc(S(=O)(=O)N(C)c2ccc(C(=O)OCC(=O)N3CCCCCC3)cc2)cc1. The first-order valence-electron chi connectivity index (χ1n) is 10.4. The van der Waals surface area contributed by atoms with E-state index in [1.807, 2.05) is 6.92 Å². The minimum atomic E-state index is -3.71. The molecule has 1 aliphatic rings. The Labute approximate surface area is 183 Å². The van der Waals surface area contributed by atoms with Crippen molar-refractivity contribution in [3.05, 3.63) is 59.7 Å². The summed E-state index contributed by atoms with van der Waals surface area (Å²) in [4.78, 5) is 26.5. The first-order chi connectivity index (χ1) is 14.8. The van der Waals surface area contributed by atoms with Gasteiger partial charge in [-0.05, 0) is 56.2 Å². The maximum atomic E-state index is 12.8. The third-order valence-electron chi connectivity index (χ3n) is 5.43. The number of anilines is 1. The van der Waals surface area contributed by atoms with Crippen molar-refractivity contribution in [3.63, 3.8) is 0 Å². The van der Waals surface area contributed by atoms with Crippen LogP contribution in [0.15, 0.2) is 53.4 Å². The number of rotatable bonds is 6. The van der Waals surface area contributed by atoms with Crippen molar-refractivity contribution in [1.82, 2.24) is 4.90 Å². The number of benzene rings is 2. The van der Waals surface area contributed by atoms with Gasteiger partial charge in [-0.25, -0.2) is 13.2 Å². The van der Waals surface area contributed by atoms with E-state index in [0.717, 1.165) is 35.6 Å². The third kappa shape index (κ3) is 5.64. The average molecular weight is 445 g/mol. The van der Waals surface area contributed by atoms with Crippen molar-refractivity contribution in [2.45, 2.75) is 37.5 Å². The van der Waals surface area contributed by atoms with Crippen LogP contribution in [-0.2, 0) is 19.6 Å². The summed E-state index contributed by atoms with van der Waals surface area (Å²) in [5.41, 5.74) is 1.64. The minimum Gasteiger partial charge on any atom is -0.452 e. The summed E-state index contributed by atoms with van der Waals surface area (Å²) >= 11 is 0. The lowest BCUT2D eigenvalue weighted by atomic mass is 10.2. The molecule has 1 aliphatic heterocycles. The quantitative estimate of drug-likeness (QED) is 0.638. The van der Waals surface area contributed by atoms with Crippen molar-refractivity contribution < 1.29 is 22.7 Å². The van der Waals surface area contributed by atoms with Gasteiger partial charge in [-0.2, -0.15) is 0 Å². The molecule has 1 saturated heterocycles. The highest BCUT2D eigenvalue weighted by Gasteiger charge is 2.22. The van der Waals surface area contributed by atoms with Crippen LogP contribution in [-0.4, -0.2) is 51.9 Å². The van der Waals surface area contributed by atoms with Crippen molar-refractivity contribution in [2.24, 2.45) is 0 Å². The Balaban J connectivity index is 1.61. The van der Waals surface area contributed by atoms with E-state index in [-0.39, 0.29) is 23.0 Å². The summed E-state index contributed by atoms with van der Waals surface area (Å²) in [6.07, 6.45) is 4.17. The number of nitrogens with zero attached hydrogens (tertiary/aromatic N) is 2. The van der Waals surface area contributed by atoms with Gasteiger partial charge in [0.2, 0.25) is 0 Å². The van der Waals surface area contributed by atoms with Crippen LogP contribution in [0.5, 0.6) is 0 Å². The van der Waals surface area contributed by atoms with Crippen molar-refractivity contribution in [2.75, 3.05) is 31.0 Å². The molecule has 0 spiro atoms. The molecule has 0 aromatic heterocycles. The number of amides is 1. The van der Waals surface area contributed by atoms with Crippen LogP contribution in [0.2, 0.25) is 0 Å². The molecule has 0 aliphatic carbocycles. The fourth-order valence-corrected chi connectivity index (χ4v) is 4.63. The van der Waals surface area contributed by atoms with Crippen LogP contribution in [0.25, 0.3) is 0 Å². The van der Waals surface area contributed by atoms with Gasteiger partial charge in [0.25, 0.3) is 15.9 Å². The summed E-state index contributed by atoms with van der Waals surface area (Å²) in [6, 6.07) is 12.7. The highest BCUT2D eigenvalue weighted by Crippen LogP contribution is 2.23. The van der Waals surface area contributed by atoms with Gasteiger partial charge >= 0.3 is 5.97 Å².